The topological polar surface area (TPSA) is 43.6 Å². The molecule has 0 saturated heterocycles. The van der Waals surface area contributed by atoms with E-state index in [0.717, 1.165) is 27.9 Å². The normalized spacial score (nSPS) is 11.7. The first-order valence-corrected chi connectivity index (χ1v) is 20.0. The largest absolute Gasteiger partial charge is 0.309 e. The number of rotatable bonds is 5. The molecule has 59 heavy (non-hydrogen) atoms. The van der Waals surface area contributed by atoms with Crippen molar-refractivity contribution < 1.29 is 0 Å². The zero-order valence-electron chi connectivity index (χ0n) is 31.9. The third-order valence-electron chi connectivity index (χ3n) is 11.8. The number of fused-ring (bicyclic) bond motifs is 11. The van der Waals surface area contributed by atoms with Gasteiger partial charge in [0.25, 0.3) is 0 Å². The molecule has 0 unspecified atom stereocenters. The van der Waals surface area contributed by atoms with Crippen LogP contribution in [0.15, 0.2) is 206 Å². The lowest BCUT2D eigenvalue weighted by Crippen LogP contribution is -2.00. The summed E-state index contributed by atoms with van der Waals surface area (Å²) in [5.41, 5.74) is 8.51. The average molecular weight is 751 g/mol. The molecule has 0 saturated carbocycles. The van der Waals surface area contributed by atoms with E-state index in [-0.39, 0.29) is 0 Å². The highest BCUT2D eigenvalue weighted by molar-refractivity contribution is 6.33. The smallest absolute Gasteiger partial charge is 0.164 e. The lowest BCUT2D eigenvalue weighted by Gasteiger charge is -2.16. The first kappa shape index (κ1) is 33.2. The van der Waals surface area contributed by atoms with Crippen LogP contribution in [-0.2, 0) is 0 Å². The minimum atomic E-state index is 0.627. The van der Waals surface area contributed by atoms with Crippen LogP contribution in [0.25, 0.3) is 116 Å². The van der Waals surface area contributed by atoms with E-state index in [1.807, 2.05) is 18.2 Å². The Morgan fingerprint density at radius 3 is 1.32 bits per heavy atom. The van der Waals surface area contributed by atoms with Crippen LogP contribution in [0.3, 0.4) is 0 Å². The SMILES string of the molecule is c1ccc(-c2nc(-c3ccc(-n4c5ccccc5c5ccccc54)cc3)nc(-c3cccc(-c4cc5c6ccccc6c6ccccc6c5c5ccccc45)c3)n2)cc1. The Kier molecular flexibility index (Phi) is 7.50. The van der Waals surface area contributed by atoms with E-state index < -0.39 is 0 Å². The molecule has 0 fully saturated rings. The molecular weight excluding hydrogens is 717 g/mol. The van der Waals surface area contributed by atoms with Gasteiger partial charge in [-0.3, -0.25) is 0 Å². The number of nitrogens with zero attached hydrogens (tertiary/aromatic N) is 4. The van der Waals surface area contributed by atoms with Gasteiger partial charge in [0.15, 0.2) is 17.5 Å². The lowest BCUT2D eigenvalue weighted by atomic mass is 9.87. The zero-order valence-corrected chi connectivity index (χ0v) is 31.9. The van der Waals surface area contributed by atoms with Crippen LogP contribution in [0.4, 0.5) is 0 Å². The lowest BCUT2D eigenvalue weighted by molar-refractivity contribution is 1.07. The summed E-state index contributed by atoms with van der Waals surface area (Å²) >= 11 is 0. The summed E-state index contributed by atoms with van der Waals surface area (Å²) in [4.78, 5) is 15.4. The summed E-state index contributed by atoms with van der Waals surface area (Å²) in [5.74, 6) is 1.89. The van der Waals surface area contributed by atoms with Crippen molar-refractivity contribution in [2.45, 2.75) is 0 Å². The molecule has 0 amide bonds. The molecule has 0 bridgehead atoms. The van der Waals surface area contributed by atoms with Crippen LogP contribution >= 0.6 is 0 Å². The third-order valence-corrected chi connectivity index (χ3v) is 11.8. The quantitative estimate of drug-likeness (QED) is 0.165. The maximum Gasteiger partial charge on any atom is 0.164 e. The van der Waals surface area contributed by atoms with Crippen LogP contribution in [0.2, 0.25) is 0 Å². The zero-order chi connectivity index (χ0) is 38.9. The number of aromatic nitrogens is 4. The van der Waals surface area contributed by atoms with E-state index in [1.165, 1.54) is 70.5 Å². The Morgan fingerprint density at radius 1 is 0.271 bits per heavy atom. The molecule has 0 aliphatic heterocycles. The summed E-state index contributed by atoms with van der Waals surface area (Å²) in [6, 6.07) is 73.4. The number of benzene rings is 10. The molecule has 0 aliphatic carbocycles. The molecule has 0 N–H and O–H groups in total. The Balaban J connectivity index is 1.02. The van der Waals surface area contributed by atoms with Crippen molar-refractivity contribution in [3.05, 3.63) is 206 Å². The van der Waals surface area contributed by atoms with Gasteiger partial charge in [-0.15, -0.1) is 0 Å². The molecule has 12 aromatic rings. The van der Waals surface area contributed by atoms with E-state index in [2.05, 4.69) is 193 Å². The van der Waals surface area contributed by atoms with Crippen molar-refractivity contribution >= 4 is 64.9 Å². The Morgan fingerprint density at radius 2 is 0.695 bits per heavy atom. The highest BCUT2D eigenvalue weighted by Crippen LogP contribution is 2.43. The number of para-hydroxylation sites is 2. The van der Waals surface area contributed by atoms with Gasteiger partial charge in [-0.1, -0.05) is 158 Å². The summed E-state index contributed by atoms with van der Waals surface area (Å²) in [7, 11) is 0. The second kappa shape index (κ2) is 13.3. The first-order valence-electron chi connectivity index (χ1n) is 20.0. The molecule has 4 nitrogen and oxygen atoms in total. The fourth-order valence-electron chi connectivity index (χ4n) is 9.14. The summed E-state index contributed by atoms with van der Waals surface area (Å²) in [5, 5.41) is 12.5. The molecule has 0 atom stereocenters. The third kappa shape index (κ3) is 5.34. The van der Waals surface area contributed by atoms with Crippen LogP contribution < -0.4 is 0 Å². The molecule has 2 heterocycles. The van der Waals surface area contributed by atoms with Gasteiger partial charge < -0.3 is 4.57 Å². The standard InChI is InChI=1S/C55H34N4/c1-2-15-35(16-3-1)53-56-54(36-29-31-39(32-30-36)59-50-27-12-10-23-44(50)45-24-11-13-28-51(45)59)58-55(57-53)38-18-14-17-37(33-38)48-34-49-42-21-5-4-19-40(42)41-20-6-8-25-46(41)52(49)47-26-9-7-22-43(47)48/h1-34H. The van der Waals surface area contributed by atoms with E-state index in [1.54, 1.807) is 0 Å². The van der Waals surface area contributed by atoms with Crippen LogP contribution in [0.1, 0.15) is 0 Å². The van der Waals surface area contributed by atoms with Crippen molar-refractivity contribution in [2.75, 3.05) is 0 Å². The summed E-state index contributed by atoms with van der Waals surface area (Å²) in [6.45, 7) is 0. The predicted molar refractivity (Wildman–Crippen MR) is 246 cm³/mol. The molecule has 0 spiro atoms. The molecule has 274 valence electrons. The molecular formula is C55H34N4. The first-order chi connectivity index (χ1) is 29.3. The Hall–Kier alpha value is -7.95. The minimum Gasteiger partial charge on any atom is -0.309 e. The molecule has 0 radical (unpaired) electrons. The predicted octanol–water partition coefficient (Wildman–Crippen LogP) is 14.2. The van der Waals surface area contributed by atoms with Gasteiger partial charge >= 0.3 is 0 Å². The fraction of sp³-hybridized carbons (Fsp3) is 0. The maximum atomic E-state index is 5.18. The monoisotopic (exact) mass is 750 g/mol. The maximum absolute atomic E-state index is 5.18. The molecule has 4 heteroatoms. The summed E-state index contributed by atoms with van der Waals surface area (Å²) in [6.07, 6.45) is 0. The molecule has 12 rings (SSSR count). The molecule has 0 aliphatic rings. The van der Waals surface area contributed by atoms with Gasteiger partial charge in [0, 0.05) is 33.2 Å². The molecule has 10 aromatic carbocycles. The number of hydrogen-bond acceptors (Lipinski definition) is 3. The van der Waals surface area contributed by atoms with Crippen LogP contribution in [0, 0.1) is 0 Å². The summed E-state index contributed by atoms with van der Waals surface area (Å²) < 4.78 is 2.33. The van der Waals surface area contributed by atoms with Crippen molar-refractivity contribution in [1.29, 1.82) is 0 Å². The number of hydrogen-bond donors (Lipinski definition) is 0. The van der Waals surface area contributed by atoms with Gasteiger partial charge in [-0.25, -0.2) is 15.0 Å². The van der Waals surface area contributed by atoms with E-state index >= 15 is 0 Å². The van der Waals surface area contributed by atoms with E-state index in [4.69, 9.17) is 15.0 Å². The van der Waals surface area contributed by atoms with Gasteiger partial charge in [0.05, 0.1) is 11.0 Å². The van der Waals surface area contributed by atoms with Crippen molar-refractivity contribution in [3.63, 3.8) is 0 Å². The van der Waals surface area contributed by atoms with E-state index in [9.17, 15) is 0 Å². The van der Waals surface area contributed by atoms with Crippen LogP contribution in [0.5, 0.6) is 0 Å². The van der Waals surface area contributed by atoms with Gasteiger partial charge in [0.1, 0.15) is 0 Å². The Labute approximate surface area is 340 Å². The van der Waals surface area contributed by atoms with Crippen molar-refractivity contribution in [1.82, 2.24) is 19.5 Å². The second-order valence-electron chi connectivity index (χ2n) is 15.2. The average Bonchev–Trinajstić information content (AvgIpc) is 3.66. The fourth-order valence-corrected chi connectivity index (χ4v) is 9.14. The van der Waals surface area contributed by atoms with Crippen molar-refractivity contribution in [3.8, 4) is 51.0 Å². The second-order valence-corrected chi connectivity index (χ2v) is 15.2. The van der Waals surface area contributed by atoms with Crippen molar-refractivity contribution in [2.24, 2.45) is 0 Å². The molecule has 2 aromatic heterocycles. The Bertz CT molecular complexity index is 3550. The highest BCUT2D eigenvalue weighted by atomic mass is 15.0. The van der Waals surface area contributed by atoms with Crippen LogP contribution in [-0.4, -0.2) is 19.5 Å². The van der Waals surface area contributed by atoms with E-state index in [0.29, 0.717) is 17.5 Å². The van der Waals surface area contributed by atoms with Gasteiger partial charge in [-0.05, 0) is 103 Å². The van der Waals surface area contributed by atoms with Gasteiger partial charge in [0.2, 0.25) is 0 Å². The van der Waals surface area contributed by atoms with Gasteiger partial charge in [-0.2, -0.15) is 0 Å². The minimum absolute atomic E-state index is 0.627. The highest BCUT2D eigenvalue weighted by Gasteiger charge is 2.18.